The molecule has 8 heteroatoms. The first-order valence-electron chi connectivity index (χ1n) is 12.7. The third-order valence-electron chi connectivity index (χ3n) is 7.21. The van der Waals surface area contributed by atoms with E-state index in [1.54, 1.807) is 0 Å². The fraction of sp³-hybridized carbons (Fsp3) is 0.536. The molecular weight excluding hydrogens is 517 g/mol. The number of ether oxygens (including phenoxy) is 1. The van der Waals surface area contributed by atoms with Gasteiger partial charge in [-0.15, -0.1) is 24.8 Å². The molecule has 198 valence electrons. The molecule has 0 unspecified atom stereocenters. The van der Waals surface area contributed by atoms with Crippen LogP contribution in [-0.4, -0.2) is 48.7 Å². The van der Waals surface area contributed by atoms with E-state index >= 15 is 0 Å². The second-order valence-electron chi connectivity index (χ2n) is 10.4. The van der Waals surface area contributed by atoms with Gasteiger partial charge in [0, 0.05) is 23.5 Å². The van der Waals surface area contributed by atoms with Crippen LogP contribution >= 0.6 is 36.4 Å². The van der Waals surface area contributed by atoms with Crippen molar-refractivity contribution in [1.29, 1.82) is 0 Å². The average Bonchev–Trinajstić information content (AvgIpc) is 3.56. The van der Waals surface area contributed by atoms with Crippen LogP contribution in [0.2, 0.25) is 5.02 Å². The second-order valence-corrected chi connectivity index (χ2v) is 10.9. The summed E-state index contributed by atoms with van der Waals surface area (Å²) in [6, 6.07) is 12.5. The normalized spacial score (nSPS) is 16.7. The summed E-state index contributed by atoms with van der Waals surface area (Å²) in [5.74, 6) is 2.41. The highest BCUT2D eigenvalue weighted by Gasteiger charge is 2.24. The van der Waals surface area contributed by atoms with Crippen LogP contribution in [0.15, 0.2) is 40.9 Å². The topological polar surface area (TPSA) is 41.7 Å². The molecule has 2 aliphatic rings. The Balaban J connectivity index is 0.00000180. The minimum absolute atomic E-state index is 0. The van der Waals surface area contributed by atoms with Gasteiger partial charge in [-0.25, -0.2) is 0 Å². The second kappa shape index (κ2) is 13.3. The monoisotopic (exact) mass is 553 g/mol. The average molecular weight is 555 g/mol. The Morgan fingerprint density at radius 3 is 2.53 bits per heavy atom. The zero-order chi connectivity index (χ0) is 23.5. The molecule has 2 fully saturated rings. The first kappa shape index (κ1) is 29.1. The van der Waals surface area contributed by atoms with Gasteiger partial charge in [0.2, 0.25) is 0 Å². The van der Waals surface area contributed by atoms with Crippen molar-refractivity contribution < 1.29 is 9.26 Å². The molecule has 0 amide bonds. The van der Waals surface area contributed by atoms with Crippen molar-refractivity contribution in [2.75, 3.05) is 33.8 Å². The molecule has 1 aliphatic heterocycles. The lowest BCUT2D eigenvalue weighted by Gasteiger charge is -2.32. The van der Waals surface area contributed by atoms with Gasteiger partial charge in [-0.2, -0.15) is 0 Å². The Bertz CT molecular complexity index is 1110. The van der Waals surface area contributed by atoms with Crippen molar-refractivity contribution in [3.63, 3.8) is 0 Å². The van der Waals surface area contributed by atoms with Gasteiger partial charge in [0.05, 0.1) is 17.9 Å². The Morgan fingerprint density at radius 1 is 1.06 bits per heavy atom. The van der Waals surface area contributed by atoms with E-state index in [0.717, 1.165) is 90.5 Å². The fourth-order valence-electron chi connectivity index (χ4n) is 5.03. The third kappa shape index (κ3) is 7.52. The molecule has 0 radical (unpaired) electrons. The standard InChI is InChI=1S/C28H36ClN3O2.2ClH/c1-31(2)18-25-27(33-19-21-6-7-21)11-9-24-26(30-34-28(24)25)10-8-20-12-14-32(15-13-20)17-22-4-3-5-23(29)16-22;;/h3-5,9,11,16,20-21H,6-8,10,12-15,17-19H2,1-2H3;2*1H. The van der Waals surface area contributed by atoms with E-state index < -0.39 is 0 Å². The van der Waals surface area contributed by atoms with E-state index in [-0.39, 0.29) is 24.8 Å². The molecule has 5 nitrogen and oxygen atoms in total. The van der Waals surface area contributed by atoms with Crippen LogP contribution in [0.5, 0.6) is 5.75 Å². The smallest absolute Gasteiger partial charge is 0.175 e. The van der Waals surface area contributed by atoms with Gasteiger partial charge >= 0.3 is 0 Å². The zero-order valence-corrected chi connectivity index (χ0v) is 23.6. The van der Waals surface area contributed by atoms with Gasteiger partial charge in [-0.3, -0.25) is 4.90 Å². The summed E-state index contributed by atoms with van der Waals surface area (Å²) >= 11 is 6.15. The predicted molar refractivity (Wildman–Crippen MR) is 152 cm³/mol. The summed E-state index contributed by atoms with van der Waals surface area (Å²) in [7, 11) is 4.17. The van der Waals surface area contributed by atoms with Crippen molar-refractivity contribution in [2.24, 2.45) is 11.8 Å². The number of likely N-dealkylation sites (tertiary alicyclic amines) is 1. The zero-order valence-electron chi connectivity index (χ0n) is 21.2. The Hall–Kier alpha value is -1.50. The number of hydrogen-bond donors (Lipinski definition) is 0. The SMILES string of the molecule is CN(C)Cc1c(OCC2CC2)ccc2c(CCC3CCN(Cc4cccc(Cl)c4)CC3)noc12.Cl.Cl. The van der Waals surface area contributed by atoms with Crippen LogP contribution in [-0.2, 0) is 19.5 Å². The Labute approximate surface area is 232 Å². The molecule has 1 saturated carbocycles. The molecule has 0 atom stereocenters. The number of halogens is 3. The summed E-state index contributed by atoms with van der Waals surface area (Å²) in [4.78, 5) is 4.71. The maximum atomic E-state index is 6.17. The van der Waals surface area contributed by atoms with Gasteiger partial charge in [-0.1, -0.05) is 28.9 Å². The van der Waals surface area contributed by atoms with Crippen molar-refractivity contribution in [2.45, 2.75) is 51.6 Å². The Kier molecular flexibility index (Phi) is 10.8. The molecule has 0 spiro atoms. The number of nitrogens with zero attached hydrogens (tertiary/aromatic N) is 3. The molecule has 1 aliphatic carbocycles. The molecule has 0 bridgehead atoms. The van der Waals surface area contributed by atoms with Gasteiger partial charge in [-0.05, 0) is 107 Å². The van der Waals surface area contributed by atoms with Crippen LogP contribution in [0.4, 0.5) is 0 Å². The number of rotatable bonds is 10. The largest absolute Gasteiger partial charge is 0.493 e. The highest BCUT2D eigenvalue weighted by molar-refractivity contribution is 6.30. The van der Waals surface area contributed by atoms with E-state index in [1.165, 1.54) is 31.2 Å². The predicted octanol–water partition coefficient (Wildman–Crippen LogP) is 7.02. The van der Waals surface area contributed by atoms with Gasteiger partial charge in [0.1, 0.15) is 5.75 Å². The quantitative estimate of drug-likeness (QED) is 0.269. The van der Waals surface area contributed by atoms with Gasteiger partial charge < -0.3 is 14.2 Å². The maximum absolute atomic E-state index is 6.17. The molecule has 36 heavy (non-hydrogen) atoms. The minimum atomic E-state index is 0. The lowest BCUT2D eigenvalue weighted by molar-refractivity contribution is 0.172. The summed E-state index contributed by atoms with van der Waals surface area (Å²) in [6.45, 7) is 4.87. The van der Waals surface area contributed by atoms with Crippen LogP contribution in [0.1, 0.15) is 48.9 Å². The highest BCUT2D eigenvalue weighted by atomic mass is 35.5. The number of aryl methyl sites for hydroxylation is 1. The van der Waals surface area contributed by atoms with Gasteiger partial charge in [0.25, 0.3) is 0 Å². The molecule has 1 aromatic heterocycles. The van der Waals surface area contributed by atoms with E-state index in [0.29, 0.717) is 0 Å². The number of aromatic nitrogens is 1. The van der Waals surface area contributed by atoms with Crippen molar-refractivity contribution in [3.05, 3.63) is 58.2 Å². The first-order valence-corrected chi connectivity index (χ1v) is 13.1. The number of fused-ring (bicyclic) bond motifs is 1. The minimum Gasteiger partial charge on any atom is -0.493 e. The molecule has 2 aromatic carbocycles. The van der Waals surface area contributed by atoms with E-state index in [1.807, 2.05) is 12.1 Å². The highest BCUT2D eigenvalue weighted by Crippen LogP contribution is 2.35. The van der Waals surface area contributed by atoms with E-state index in [4.69, 9.17) is 20.9 Å². The van der Waals surface area contributed by atoms with Gasteiger partial charge in [0.15, 0.2) is 5.58 Å². The summed E-state index contributed by atoms with van der Waals surface area (Å²) in [5, 5.41) is 6.47. The first-order chi connectivity index (χ1) is 16.5. The molecule has 0 N–H and O–H groups in total. The third-order valence-corrected chi connectivity index (χ3v) is 7.45. The Morgan fingerprint density at radius 2 is 1.83 bits per heavy atom. The molecular formula is C28H38Cl3N3O2. The summed E-state index contributed by atoms with van der Waals surface area (Å²) in [5.41, 5.74) is 4.41. The molecule has 1 saturated heterocycles. The van der Waals surface area contributed by atoms with Crippen LogP contribution in [0, 0.1) is 11.8 Å². The molecule has 3 aromatic rings. The number of benzene rings is 2. The van der Waals surface area contributed by atoms with Crippen molar-refractivity contribution >= 4 is 47.4 Å². The van der Waals surface area contributed by atoms with E-state index in [2.05, 4.69) is 53.3 Å². The molecule has 5 rings (SSSR count). The fourth-order valence-corrected chi connectivity index (χ4v) is 5.25. The maximum Gasteiger partial charge on any atom is 0.175 e. The molecule has 2 heterocycles. The lowest BCUT2D eigenvalue weighted by atomic mass is 9.91. The van der Waals surface area contributed by atoms with Crippen LogP contribution < -0.4 is 4.74 Å². The van der Waals surface area contributed by atoms with Crippen molar-refractivity contribution in [3.8, 4) is 5.75 Å². The number of hydrogen-bond acceptors (Lipinski definition) is 5. The van der Waals surface area contributed by atoms with E-state index in [9.17, 15) is 0 Å². The summed E-state index contributed by atoms with van der Waals surface area (Å²) < 4.78 is 12.1. The van der Waals surface area contributed by atoms with Crippen molar-refractivity contribution in [1.82, 2.24) is 15.0 Å². The van der Waals surface area contributed by atoms with Crippen LogP contribution in [0.25, 0.3) is 11.0 Å². The van der Waals surface area contributed by atoms with Crippen LogP contribution in [0.3, 0.4) is 0 Å². The summed E-state index contributed by atoms with van der Waals surface area (Å²) in [6.07, 6.45) is 7.18. The number of piperidine rings is 1. The lowest BCUT2D eigenvalue weighted by Crippen LogP contribution is -2.33.